The molecule has 2 aromatic heterocycles. The number of ether oxygens (including phenoxy) is 1. The molecule has 1 fully saturated rings. The van der Waals surface area contributed by atoms with Crippen molar-refractivity contribution < 1.29 is 9.53 Å². The average molecular weight is 400 g/mol. The van der Waals surface area contributed by atoms with Crippen molar-refractivity contribution >= 4 is 33.7 Å². The number of thiophene rings is 1. The molecular weight excluding hydrogens is 378 g/mol. The van der Waals surface area contributed by atoms with Gasteiger partial charge in [0, 0.05) is 42.5 Å². The number of aromatic nitrogens is 1. The Morgan fingerprint density at radius 3 is 2.70 bits per heavy atom. The predicted octanol–water partition coefficient (Wildman–Crippen LogP) is 3.91. The first-order chi connectivity index (χ1) is 13.2. The molecule has 3 heterocycles. The van der Waals surface area contributed by atoms with Gasteiger partial charge in [0.2, 0.25) is 0 Å². The van der Waals surface area contributed by atoms with Gasteiger partial charge < -0.3 is 14.5 Å². The van der Waals surface area contributed by atoms with Gasteiger partial charge in [0.1, 0.15) is 5.75 Å². The van der Waals surface area contributed by atoms with E-state index < -0.39 is 0 Å². The van der Waals surface area contributed by atoms with Crippen LogP contribution in [0.5, 0.6) is 5.75 Å². The van der Waals surface area contributed by atoms with E-state index in [0.717, 1.165) is 35.2 Å². The van der Waals surface area contributed by atoms with Gasteiger partial charge in [-0.2, -0.15) is 11.3 Å². The van der Waals surface area contributed by atoms with Crippen molar-refractivity contribution in [3.05, 3.63) is 52.0 Å². The highest BCUT2D eigenvalue weighted by Crippen LogP contribution is 2.29. The summed E-state index contributed by atoms with van der Waals surface area (Å²) in [5, 5.41) is 7.31. The Morgan fingerprint density at radius 1 is 1.15 bits per heavy atom. The maximum atomic E-state index is 12.5. The summed E-state index contributed by atoms with van der Waals surface area (Å²) in [4.78, 5) is 21.3. The Hall–Kier alpha value is -2.38. The Balaban J connectivity index is 1.30. The lowest BCUT2D eigenvalue weighted by molar-refractivity contribution is -0.133. The van der Waals surface area contributed by atoms with E-state index in [1.54, 1.807) is 22.7 Å². The molecule has 1 saturated heterocycles. The van der Waals surface area contributed by atoms with Crippen LogP contribution < -0.4 is 9.64 Å². The number of aryl methyl sites for hydroxylation is 1. The number of nitrogens with zero attached hydrogens (tertiary/aromatic N) is 3. The van der Waals surface area contributed by atoms with Gasteiger partial charge >= 0.3 is 0 Å². The number of hydrogen-bond donors (Lipinski definition) is 0. The zero-order chi connectivity index (χ0) is 18.6. The smallest absolute Gasteiger partial charge is 0.260 e. The van der Waals surface area contributed by atoms with Crippen LogP contribution in [-0.2, 0) is 4.79 Å². The molecule has 3 aromatic rings. The lowest BCUT2D eigenvalue weighted by Crippen LogP contribution is -2.50. The second-order valence-electron chi connectivity index (χ2n) is 6.45. The summed E-state index contributed by atoms with van der Waals surface area (Å²) in [5.41, 5.74) is 3.24. The molecule has 0 N–H and O–H groups in total. The number of anilines is 1. The second kappa shape index (κ2) is 8.10. The summed E-state index contributed by atoms with van der Waals surface area (Å²) in [5.74, 6) is 0.809. The maximum Gasteiger partial charge on any atom is 0.260 e. The molecule has 0 aliphatic carbocycles. The standard InChI is InChI=1S/C20H21N3O2S2/c1-15-4-2-3-5-18(15)25-12-19(24)22-7-9-23(10-8-22)20-21-17(14-27-20)16-6-11-26-13-16/h2-6,11,13-14H,7-10,12H2,1H3. The van der Waals surface area contributed by atoms with Gasteiger partial charge in [-0.3, -0.25) is 4.79 Å². The Kier molecular flexibility index (Phi) is 5.40. The number of carbonyl (C=O) groups is 1. The van der Waals surface area contributed by atoms with E-state index in [1.807, 2.05) is 36.1 Å². The summed E-state index contributed by atoms with van der Waals surface area (Å²) < 4.78 is 5.69. The normalized spacial score (nSPS) is 14.4. The van der Waals surface area contributed by atoms with Gasteiger partial charge in [-0.05, 0) is 30.0 Å². The van der Waals surface area contributed by atoms with E-state index in [2.05, 4.69) is 27.1 Å². The van der Waals surface area contributed by atoms with E-state index in [1.165, 1.54) is 5.56 Å². The minimum Gasteiger partial charge on any atom is -0.484 e. The van der Waals surface area contributed by atoms with Gasteiger partial charge in [-0.1, -0.05) is 18.2 Å². The summed E-state index contributed by atoms with van der Waals surface area (Å²) >= 11 is 3.35. The van der Waals surface area contributed by atoms with Crippen LogP contribution in [0.2, 0.25) is 0 Å². The molecular formula is C20H21N3O2S2. The largest absolute Gasteiger partial charge is 0.484 e. The minimum atomic E-state index is 0.0380. The highest BCUT2D eigenvalue weighted by atomic mass is 32.1. The fraction of sp³-hybridized carbons (Fsp3) is 0.300. The van der Waals surface area contributed by atoms with Gasteiger partial charge in [0.15, 0.2) is 11.7 Å². The van der Waals surface area contributed by atoms with Crippen molar-refractivity contribution in [1.82, 2.24) is 9.88 Å². The number of carbonyl (C=O) groups excluding carboxylic acids is 1. The van der Waals surface area contributed by atoms with Crippen molar-refractivity contribution in [2.45, 2.75) is 6.92 Å². The number of para-hydroxylation sites is 1. The molecule has 5 nitrogen and oxygen atoms in total. The molecule has 4 rings (SSSR count). The second-order valence-corrected chi connectivity index (χ2v) is 8.07. The van der Waals surface area contributed by atoms with Crippen molar-refractivity contribution in [3.63, 3.8) is 0 Å². The number of piperazine rings is 1. The van der Waals surface area contributed by atoms with Crippen LogP contribution in [0.25, 0.3) is 11.3 Å². The van der Waals surface area contributed by atoms with Crippen LogP contribution >= 0.6 is 22.7 Å². The molecule has 140 valence electrons. The SMILES string of the molecule is Cc1ccccc1OCC(=O)N1CCN(c2nc(-c3ccsc3)cs2)CC1. The fourth-order valence-corrected chi connectivity index (χ4v) is 4.59. The Morgan fingerprint density at radius 2 is 1.96 bits per heavy atom. The van der Waals surface area contributed by atoms with Crippen molar-refractivity contribution in [2.75, 3.05) is 37.7 Å². The van der Waals surface area contributed by atoms with Crippen molar-refractivity contribution in [1.29, 1.82) is 0 Å². The van der Waals surface area contributed by atoms with Crippen molar-refractivity contribution in [3.8, 4) is 17.0 Å². The molecule has 1 aliphatic heterocycles. The number of thiazole rings is 1. The van der Waals surface area contributed by atoms with E-state index in [0.29, 0.717) is 13.1 Å². The molecule has 0 radical (unpaired) electrons. The third kappa shape index (κ3) is 4.14. The van der Waals surface area contributed by atoms with Gasteiger partial charge in [0.25, 0.3) is 5.91 Å². The molecule has 0 unspecified atom stereocenters. The Labute approximate surface area is 166 Å². The molecule has 7 heteroatoms. The number of hydrogen-bond acceptors (Lipinski definition) is 6. The van der Waals surface area contributed by atoms with Crippen LogP contribution in [0, 0.1) is 6.92 Å². The summed E-state index contributed by atoms with van der Waals surface area (Å²) in [6.07, 6.45) is 0. The maximum absolute atomic E-state index is 12.5. The Bertz CT molecular complexity index is 900. The number of benzene rings is 1. The summed E-state index contributed by atoms with van der Waals surface area (Å²) in [7, 11) is 0. The van der Waals surface area contributed by atoms with E-state index in [9.17, 15) is 4.79 Å². The van der Waals surface area contributed by atoms with E-state index in [-0.39, 0.29) is 12.5 Å². The van der Waals surface area contributed by atoms with Crippen LogP contribution in [0.1, 0.15) is 5.56 Å². The average Bonchev–Trinajstić information content (AvgIpc) is 3.39. The number of rotatable bonds is 5. The third-order valence-electron chi connectivity index (χ3n) is 4.66. The predicted molar refractivity (Wildman–Crippen MR) is 111 cm³/mol. The molecule has 0 atom stereocenters. The first-order valence-corrected chi connectivity index (χ1v) is 10.7. The topological polar surface area (TPSA) is 45.7 Å². The quantitative estimate of drug-likeness (QED) is 0.653. The summed E-state index contributed by atoms with van der Waals surface area (Å²) in [6.45, 7) is 5.06. The monoisotopic (exact) mass is 399 g/mol. The summed E-state index contributed by atoms with van der Waals surface area (Å²) in [6, 6.07) is 9.86. The molecule has 1 aliphatic rings. The molecule has 0 saturated carbocycles. The first-order valence-electron chi connectivity index (χ1n) is 8.90. The van der Waals surface area contributed by atoms with Crippen LogP contribution in [-0.4, -0.2) is 48.6 Å². The van der Waals surface area contributed by atoms with Crippen molar-refractivity contribution in [2.24, 2.45) is 0 Å². The fourth-order valence-electron chi connectivity index (χ4n) is 3.05. The lowest BCUT2D eigenvalue weighted by atomic mass is 10.2. The highest BCUT2D eigenvalue weighted by Gasteiger charge is 2.23. The first kappa shape index (κ1) is 18.0. The molecule has 0 spiro atoms. The van der Waals surface area contributed by atoms with Gasteiger partial charge in [-0.25, -0.2) is 4.98 Å². The van der Waals surface area contributed by atoms with E-state index >= 15 is 0 Å². The van der Waals surface area contributed by atoms with Gasteiger partial charge in [-0.15, -0.1) is 11.3 Å². The van der Waals surface area contributed by atoms with Crippen LogP contribution in [0.15, 0.2) is 46.5 Å². The van der Waals surface area contributed by atoms with Gasteiger partial charge in [0.05, 0.1) is 5.69 Å². The zero-order valence-corrected chi connectivity index (χ0v) is 16.8. The molecule has 27 heavy (non-hydrogen) atoms. The molecule has 1 aromatic carbocycles. The third-order valence-corrected chi connectivity index (χ3v) is 6.24. The zero-order valence-electron chi connectivity index (χ0n) is 15.1. The van der Waals surface area contributed by atoms with Crippen LogP contribution in [0.4, 0.5) is 5.13 Å². The van der Waals surface area contributed by atoms with Crippen LogP contribution in [0.3, 0.4) is 0 Å². The lowest BCUT2D eigenvalue weighted by Gasteiger charge is -2.34. The number of amides is 1. The highest BCUT2D eigenvalue weighted by molar-refractivity contribution is 7.14. The minimum absolute atomic E-state index is 0.0380. The van der Waals surface area contributed by atoms with E-state index in [4.69, 9.17) is 9.72 Å². The molecule has 1 amide bonds. The molecule has 0 bridgehead atoms.